The van der Waals surface area contributed by atoms with E-state index in [1.807, 2.05) is 0 Å². The summed E-state index contributed by atoms with van der Waals surface area (Å²) in [4.78, 5) is 0. The highest BCUT2D eigenvalue weighted by Gasteiger charge is 2.33. The molecule has 0 saturated heterocycles. The average Bonchev–Trinajstić information content (AvgIpc) is 1.53. The molecule has 0 aliphatic heterocycles. The molecule has 0 aromatic heterocycles. The predicted octanol–water partition coefficient (Wildman–Crippen LogP) is 23.1. The molecular formula is C82H50. The van der Waals surface area contributed by atoms with Crippen molar-refractivity contribution >= 4 is 86.2 Å². The van der Waals surface area contributed by atoms with Crippen molar-refractivity contribution in [2.24, 2.45) is 0 Å². The first kappa shape index (κ1) is 46.3. The Bertz CT molecular complexity index is 5290. The Kier molecular flexibility index (Phi) is 10.4. The number of fused-ring (bicyclic) bond motifs is 10. The highest BCUT2D eigenvalue weighted by atomic mass is 14.4. The third-order valence-electron chi connectivity index (χ3n) is 17.7. The van der Waals surface area contributed by atoms with Crippen molar-refractivity contribution in [3.63, 3.8) is 0 Å². The van der Waals surface area contributed by atoms with E-state index in [0.29, 0.717) is 0 Å². The maximum atomic E-state index is 2.63. The van der Waals surface area contributed by atoms with Crippen LogP contribution in [-0.4, -0.2) is 0 Å². The number of hydrogen-bond acceptors (Lipinski definition) is 0. The molecule has 0 unspecified atom stereocenters. The second kappa shape index (κ2) is 18.5. The van der Waals surface area contributed by atoms with Crippen molar-refractivity contribution in [3.8, 4) is 89.0 Å². The SMILES string of the molecule is c1ccc(-c2c(-c3ccccc3)c(-c3ccccc3)c3c(c2-c2ccccc2)c(-c2ccccc2)c2c3cc3c4cc5ccccc5c4cc4c5cccc6c(-c7ccccc7)c(-c7ccccc7)c(-c7ccccc7)c(c65)c2c34)cc1. The Morgan fingerprint density at radius 1 is 0.122 bits per heavy atom. The first-order chi connectivity index (χ1) is 40.8. The van der Waals surface area contributed by atoms with Crippen LogP contribution in [0.5, 0.6) is 0 Å². The third-order valence-corrected chi connectivity index (χ3v) is 17.7. The van der Waals surface area contributed by atoms with E-state index in [4.69, 9.17) is 0 Å². The molecule has 17 aromatic carbocycles. The Morgan fingerprint density at radius 3 is 0.915 bits per heavy atom. The van der Waals surface area contributed by atoms with E-state index in [-0.39, 0.29) is 0 Å². The van der Waals surface area contributed by atoms with E-state index in [2.05, 4.69) is 303 Å². The van der Waals surface area contributed by atoms with E-state index in [1.54, 1.807) is 0 Å². The van der Waals surface area contributed by atoms with Gasteiger partial charge in [-0.1, -0.05) is 285 Å². The van der Waals surface area contributed by atoms with Gasteiger partial charge < -0.3 is 0 Å². The van der Waals surface area contributed by atoms with Gasteiger partial charge in [0.2, 0.25) is 0 Å². The van der Waals surface area contributed by atoms with Crippen LogP contribution in [0.15, 0.2) is 303 Å². The summed E-state index contributed by atoms with van der Waals surface area (Å²) in [7, 11) is 0. The molecule has 0 N–H and O–H groups in total. The van der Waals surface area contributed by atoms with Crippen molar-refractivity contribution < 1.29 is 0 Å². The van der Waals surface area contributed by atoms with Crippen LogP contribution < -0.4 is 0 Å². The fourth-order valence-electron chi connectivity index (χ4n) is 14.5. The summed E-state index contributed by atoms with van der Waals surface area (Å²) in [5, 5.41) is 20.3. The van der Waals surface area contributed by atoms with Crippen molar-refractivity contribution in [1.29, 1.82) is 0 Å². The molecule has 0 heteroatoms. The Hall–Kier alpha value is -10.7. The Labute approximate surface area is 475 Å². The lowest BCUT2D eigenvalue weighted by Crippen LogP contribution is -1.98. The molecule has 0 amide bonds. The molecule has 0 nitrogen and oxygen atoms in total. The number of benzene rings is 15. The van der Waals surface area contributed by atoms with Crippen LogP contribution in [0.4, 0.5) is 0 Å². The zero-order chi connectivity index (χ0) is 53.8. The van der Waals surface area contributed by atoms with Gasteiger partial charge >= 0.3 is 0 Å². The van der Waals surface area contributed by atoms with Crippen molar-refractivity contribution in [1.82, 2.24) is 0 Å². The Morgan fingerprint density at radius 2 is 0.427 bits per heavy atom. The van der Waals surface area contributed by atoms with E-state index in [9.17, 15) is 0 Å². The lowest BCUT2D eigenvalue weighted by atomic mass is 9.77. The monoisotopic (exact) mass is 1030 g/mol. The van der Waals surface area contributed by atoms with Crippen molar-refractivity contribution in [2.75, 3.05) is 0 Å². The van der Waals surface area contributed by atoms with Gasteiger partial charge in [0.15, 0.2) is 0 Å². The first-order valence-electron chi connectivity index (χ1n) is 28.6. The molecular weight excluding hydrogens is 985 g/mol. The third kappa shape index (κ3) is 6.79. The molecule has 378 valence electrons. The fourth-order valence-corrected chi connectivity index (χ4v) is 14.5. The number of rotatable bonds is 8. The summed E-state index contributed by atoms with van der Waals surface area (Å²) in [6.45, 7) is 0. The van der Waals surface area contributed by atoms with Gasteiger partial charge in [0.1, 0.15) is 0 Å². The van der Waals surface area contributed by atoms with Gasteiger partial charge in [0.25, 0.3) is 0 Å². The van der Waals surface area contributed by atoms with Gasteiger partial charge in [-0.2, -0.15) is 0 Å². The first-order valence-corrected chi connectivity index (χ1v) is 28.6. The summed E-state index contributed by atoms with van der Waals surface area (Å²) >= 11 is 0. The molecule has 0 heterocycles. The maximum Gasteiger partial charge on any atom is -0.0000699 e. The molecule has 0 spiro atoms. The Balaban J connectivity index is 1.27. The summed E-state index contributed by atoms with van der Waals surface area (Å²) < 4.78 is 0. The normalized spacial score (nSPS) is 11.9. The van der Waals surface area contributed by atoms with Gasteiger partial charge in [0, 0.05) is 0 Å². The minimum absolute atomic E-state index is 1.17. The molecule has 0 aliphatic rings. The molecule has 17 rings (SSSR count). The smallest absolute Gasteiger partial charge is 0.0000699 e. The van der Waals surface area contributed by atoms with Crippen LogP contribution in [0.3, 0.4) is 0 Å². The van der Waals surface area contributed by atoms with Crippen molar-refractivity contribution in [2.45, 2.75) is 0 Å². The van der Waals surface area contributed by atoms with Crippen LogP contribution in [0.1, 0.15) is 0 Å². The van der Waals surface area contributed by atoms with Crippen molar-refractivity contribution in [3.05, 3.63) is 303 Å². The summed E-state index contributed by atoms with van der Waals surface area (Å²) in [6.07, 6.45) is 0. The van der Waals surface area contributed by atoms with Gasteiger partial charge in [-0.05, 0) is 193 Å². The summed E-state index contributed by atoms with van der Waals surface area (Å²) in [5.41, 5.74) is 19.3. The van der Waals surface area contributed by atoms with Gasteiger partial charge in [-0.25, -0.2) is 0 Å². The highest BCUT2D eigenvalue weighted by Crippen LogP contribution is 2.62. The molecule has 0 aliphatic carbocycles. The standard InChI is InChI=1S/C82H50/c1-9-28-51(29-10-1)68-62-47-27-46-61-65-49-64-60-45-26-25-44-59(60)48-63(64)66-50-67-78-72(55-36-17-5-18-37-55)70(53-32-13-3-14-33-53)71(54-34-15-4-16-35-54)74(57-40-21-7-22-41-57)80(78)75(58-42-23-8-24-43-58)79(67)82(77(65)66)81(76(61)62)73(56-38-19-6-20-39-56)69(68)52-30-11-2-12-31-52/h1-50H. The molecule has 0 bridgehead atoms. The second-order valence-corrected chi connectivity index (χ2v) is 22.0. The molecule has 17 aromatic rings. The predicted molar refractivity (Wildman–Crippen MR) is 352 cm³/mol. The van der Waals surface area contributed by atoms with E-state index in [1.165, 1.54) is 175 Å². The lowest BCUT2D eigenvalue weighted by Gasteiger charge is -2.26. The largest absolute Gasteiger partial charge is 0.0622 e. The summed E-state index contributed by atoms with van der Waals surface area (Å²) in [6, 6.07) is 114. The van der Waals surface area contributed by atoms with Gasteiger partial charge in [-0.15, -0.1) is 0 Å². The van der Waals surface area contributed by atoms with Gasteiger partial charge in [-0.3, -0.25) is 0 Å². The zero-order valence-corrected chi connectivity index (χ0v) is 44.9. The van der Waals surface area contributed by atoms with Crippen LogP contribution >= 0.6 is 0 Å². The molecule has 0 saturated carbocycles. The van der Waals surface area contributed by atoms with Crippen LogP contribution in [0.2, 0.25) is 0 Å². The fraction of sp³-hybridized carbons (Fsp3) is 0. The van der Waals surface area contributed by atoms with Crippen LogP contribution in [0.25, 0.3) is 175 Å². The van der Waals surface area contributed by atoms with Crippen LogP contribution in [-0.2, 0) is 0 Å². The highest BCUT2D eigenvalue weighted by molar-refractivity contribution is 6.50. The minimum Gasteiger partial charge on any atom is -0.0622 e. The lowest BCUT2D eigenvalue weighted by molar-refractivity contribution is 1.57. The quantitative estimate of drug-likeness (QED) is 0.105. The van der Waals surface area contributed by atoms with E-state index >= 15 is 0 Å². The van der Waals surface area contributed by atoms with Gasteiger partial charge in [0.05, 0.1) is 0 Å². The molecule has 82 heavy (non-hydrogen) atoms. The molecule has 0 atom stereocenters. The van der Waals surface area contributed by atoms with E-state index in [0.717, 1.165) is 0 Å². The minimum atomic E-state index is 1.17. The average molecular weight is 1040 g/mol. The second-order valence-electron chi connectivity index (χ2n) is 22.0. The molecule has 0 radical (unpaired) electrons. The molecule has 0 fully saturated rings. The maximum absolute atomic E-state index is 2.63. The van der Waals surface area contributed by atoms with Crippen LogP contribution in [0, 0.1) is 0 Å². The zero-order valence-electron chi connectivity index (χ0n) is 44.9. The number of hydrogen-bond donors (Lipinski definition) is 0. The van der Waals surface area contributed by atoms with E-state index < -0.39 is 0 Å². The topological polar surface area (TPSA) is 0 Å². The summed E-state index contributed by atoms with van der Waals surface area (Å²) in [5.74, 6) is 0.